The number of carbonyl (C=O) groups excluding carboxylic acids is 3. The topological polar surface area (TPSA) is 159 Å². The van der Waals surface area contributed by atoms with Gasteiger partial charge in [0.2, 0.25) is 23.7 Å². The molecule has 3 aromatic rings. The minimum atomic E-state index is -3.09. The van der Waals surface area contributed by atoms with Crippen LogP contribution in [0.15, 0.2) is 48.5 Å². The molecule has 5 N–H and O–H groups in total. The lowest BCUT2D eigenvalue weighted by Crippen LogP contribution is -2.40. The molecule has 1 aromatic heterocycles. The lowest BCUT2D eigenvalue weighted by atomic mass is 10.2. The lowest BCUT2D eigenvalue weighted by Gasteiger charge is -2.14. The van der Waals surface area contributed by atoms with Gasteiger partial charge < -0.3 is 31.3 Å². The Morgan fingerprint density at radius 1 is 0.763 bits per heavy atom. The van der Waals surface area contributed by atoms with Crippen molar-refractivity contribution in [3.8, 4) is 6.01 Å². The summed E-state index contributed by atoms with van der Waals surface area (Å²) in [7, 11) is 0. The Balaban J connectivity index is 1.60. The van der Waals surface area contributed by atoms with Crippen LogP contribution in [0.3, 0.4) is 0 Å². The van der Waals surface area contributed by atoms with E-state index in [0.29, 0.717) is 18.3 Å². The summed E-state index contributed by atoms with van der Waals surface area (Å²) in [4.78, 5) is 48.9. The minimum absolute atomic E-state index is 0.0194. The summed E-state index contributed by atoms with van der Waals surface area (Å²) in [6.07, 6.45) is 0. The number of hydrogen-bond acceptors (Lipinski definition) is 9. The van der Waals surface area contributed by atoms with Crippen LogP contribution >= 0.6 is 0 Å². The van der Waals surface area contributed by atoms with Gasteiger partial charge in [0.05, 0.1) is 13.1 Å². The van der Waals surface area contributed by atoms with Crippen molar-refractivity contribution in [1.82, 2.24) is 25.6 Å². The molecule has 12 nitrogen and oxygen atoms in total. The van der Waals surface area contributed by atoms with E-state index in [1.54, 1.807) is 36.4 Å². The molecule has 4 aliphatic rings. The molecule has 0 fully saturated rings. The molecule has 3 amide bonds. The maximum Gasteiger partial charge on any atom is 0.323 e. The van der Waals surface area contributed by atoms with Gasteiger partial charge >= 0.3 is 6.01 Å². The zero-order valence-electron chi connectivity index (χ0n) is 20.2. The van der Waals surface area contributed by atoms with E-state index in [1.165, 1.54) is 12.1 Å². The van der Waals surface area contributed by atoms with Crippen molar-refractivity contribution >= 4 is 41.0 Å². The van der Waals surface area contributed by atoms with Gasteiger partial charge in [0.1, 0.15) is 0 Å². The van der Waals surface area contributed by atoms with E-state index in [-0.39, 0.29) is 43.1 Å². The summed E-state index contributed by atoms with van der Waals surface area (Å²) in [6.45, 7) is -0.535. The first kappa shape index (κ1) is 26.2. The predicted octanol–water partition coefficient (Wildman–Crippen LogP) is 2.06. The van der Waals surface area contributed by atoms with Gasteiger partial charge in [-0.3, -0.25) is 14.4 Å². The second-order valence-corrected chi connectivity index (χ2v) is 8.38. The van der Waals surface area contributed by atoms with Gasteiger partial charge in [-0.15, -0.1) is 0 Å². The van der Waals surface area contributed by atoms with Crippen LogP contribution in [0.2, 0.25) is 0 Å². The molecule has 0 saturated heterocycles. The number of nitrogens with one attached hydrogen (secondary N) is 5. The largest absolute Gasteiger partial charge is 0.457 e. The fraction of sp³-hybridized carbons (Fsp3) is 0.250. The van der Waals surface area contributed by atoms with Gasteiger partial charge in [0.25, 0.3) is 11.8 Å². The summed E-state index contributed by atoms with van der Waals surface area (Å²) in [5.41, 5.74) is 2.09. The Hall–Kier alpha value is -4.88. The molecule has 0 saturated carbocycles. The highest BCUT2D eigenvalue weighted by atomic mass is 19.3. The molecule has 5 heterocycles. The summed E-state index contributed by atoms with van der Waals surface area (Å²) >= 11 is 0. The second-order valence-electron chi connectivity index (χ2n) is 8.38. The van der Waals surface area contributed by atoms with Gasteiger partial charge in [0.15, 0.2) is 6.61 Å². The first-order chi connectivity index (χ1) is 18.1. The Bertz CT molecular complexity index is 1310. The fourth-order valence-electron chi connectivity index (χ4n) is 3.18. The first-order valence-corrected chi connectivity index (χ1v) is 11.4. The molecule has 7 rings (SSSR count). The van der Waals surface area contributed by atoms with Gasteiger partial charge in [0, 0.05) is 30.4 Å². The Morgan fingerprint density at radius 3 is 2.11 bits per heavy atom. The van der Waals surface area contributed by atoms with Gasteiger partial charge in [-0.2, -0.15) is 15.0 Å². The summed E-state index contributed by atoms with van der Waals surface area (Å²) < 4.78 is 31.7. The van der Waals surface area contributed by atoms with Crippen LogP contribution in [0, 0.1) is 0 Å². The zero-order valence-corrected chi connectivity index (χ0v) is 20.2. The molecule has 0 unspecified atom stereocenters. The van der Waals surface area contributed by atoms with E-state index in [4.69, 9.17) is 4.74 Å². The Morgan fingerprint density at radius 2 is 1.39 bits per heavy atom. The molecule has 0 atom stereocenters. The molecule has 38 heavy (non-hydrogen) atoms. The summed E-state index contributed by atoms with van der Waals surface area (Å²) in [5.74, 6) is -4.47. The van der Waals surface area contributed by atoms with Crippen molar-refractivity contribution in [2.45, 2.75) is 19.4 Å². The minimum Gasteiger partial charge on any atom is -0.457 e. The average molecular weight is 527 g/mol. The predicted molar refractivity (Wildman–Crippen MR) is 133 cm³/mol. The van der Waals surface area contributed by atoms with Crippen LogP contribution in [0.4, 0.5) is 32.1 Å². The standard InChI is InChI=1S/C24H24F2N8O4/c1-24(25,26)13-38-23-33-21-29-10-14-2-6-16(7-3-14)30-19(36)12-27-18(35)11-28-20(37)15-4-8-17(9-5-15)31-22(32-21)34-23/h2-9H,10-13H2,1H3,(H,27,35)(H,28,37)(H,30,36)(H2,29,31,32,33,34). The number of alkyl halides is 2. The molecule has 2 aromatic carbocycles. The van der Waals surface area contributed by atoms with Crippen molar-refractivity contribution < 1.29 is 27.9 Å². The Labute approximate surface area is 215 Å². The highest BCUT2D eigenvalue weighted by molar-refractivity contribution is 5.98. The maximum absolute atomic E-state index is 13.3. The number of anilines is 4. The second kappa shape index (κ2) is 11.5. The van der Waals surface area contributed by atoms with E-state index in [9.17, 15) is 23.2 Å². The number of ether oxygens (including phenoxy) is 1. The van der Waals surface area contributed by atoms with Crippen LogP contribution in [-0.2, 0) is 16.1 Å². The monoisotopic (exact) mass is 526 g/mol. The summed E-state index contributed by atoms with van der Waals surface area (Å²) in [6, 6.07) is 12.7. The smallest absolute Gasteiger partial charge is 0.323 e. The number of halogens is 2. The first-order valence-electron chi connectivity index (χ1n) is 11.4. The van der Waals surface area contributed by atoms with Crippen molar-refractivity contribution in [2.75, 3.05) is 35.6 Å². The van der Waals surface area contributed by atoms with Gasteiger partial charge in [-0.1, -0.05) is 12.1 Å². The molecule has 0 aliphatic carbocycles. The zero-order chi connectivity index (χ0) is 27.1. The fourth-order valence-corrected chi connectivity index (χ4v) is 3.18. The molecule has 4 aliphatic heterocycles. The molecule has 0 radical (unpaired) electrons. The molecular formula is C24H24F2N8O4. The van der Waals surface area contributed by atoms with E-state index >= 15 is 0 Å². The van der Waals surface area contributed by atoms with Crippen molar-refractivity contribution in [3.05, 3.63) is 59.7 Å². The molecular weight excluding hydrogens is 502 g/mol. The SMILES string of the molecule is CC(F)(F)COc1nc2nc(n1)Nc1ccc(cc1)C(=O)NCC(=O)NCC(=O)Nc1ccc(cc1)CN2. The number of rotatable bonds is 3. The molecule has 6 bridgehead atoms. The van der Waals surface area contributed by atoms with Crippen LogP contribution in [0.5, 0.6) is 6.01 Å². The maximum atomic E-state index is 13.3. The average Bonchev–Trinajstić information content (AvgIpc) is 2.88. The van der Waals surface area contributed by atoms with Crippen molar-refractivity contribution in [1.29, 1.82) is 0 Å². The van der Waals surface area contributed by atoms with Gasteiger partial charge in [-0.25, -0.2) is 8.78 Å². The van der Waals surface area contributed by atoms with E-state index in [2.05, 4.69) is 41.5 Å². The van der Waals surface area contributed by atoms with Crippen molar-refractivity contribution in [3.63, 3.8) is 0 Å². The number of carbonyl (C=O) groups is 3. The van der Waals surface area contributed by atoms with E-state index < -0.39 is 30.3 Å². The van der Waals surface area contributed by atoms with E-state index in [1.807, 2.05) is 0 Å². The quantitative estimate of drug-likeness (QED) is 0.344. The van der Waals surface area contributed by atoms with Gasteiger partial charge in [-0.05, 0) is 42.0 Å². The molecule has 14 heteroatoms. The van der Waals surface area contributed by atoms with E-state index in [0.717, 1.165) is 5.56 Å². The normalized spacial score (nSPS) is 14.7. The third kappa shape index (κ3) is 7.81. The third-order valence-electron chi connectivity index (χ3n) is 5.02. The number of hydrogen-bond donors (Lipinski definition) is 5. The Kier molecular flexibility index (Phi) is 7.89. The third-order valence-corrected chi connectivity index (χ3v) is 5.02. The molecule has 0 spiro atoms. The number of amides is 3. The number of nitrogens with zero attached hydrogens (tertiary/aromatic N) is 3. The number of aromatic nitrogens is 3. The lowest BCUT2D eigenvalue weighted by molar-refractivity contribution is -0.123. The van der Waals surface area contributed by atoms with Crippen LogP contribution in [-0.4, -0.2) is 58.3 Å². The highest BCUT2D eigenvalue weighted by Crippen LogP contribution is 2.20. The molecule has 198 valence electrons. The van der Waals surface area contributed by atoms with Crippen LogP contribution < -0.4 is 31.3 Å². The summed E-state index contributed by atoms with van der Waals surface area (Å²) in [5, 5.41) is 13.5. The number of benzene rings is 2. The van der Waals surface area contributed by atoms with Crippen molar-refractivity contribution in [2.24, 2.45) is 0 Å². The van der Waals surface area contributed by atoms with Crippen LogP contribution in [0.1, 0.15) is 22.8 Å². The van der Waals surface area contributed by atoms with Crippen LogP contribution in [0.25, 0.3) is 0 Å². The highest BCUT2D eigenvalue weighted by Gasteiger charge is 2.23.